The van der Waals surface area contributed by atoms with Crippen molar-refractivity contribution in [2.45, 2.75) is 39.5 Å². The summed E-state index contributed by atoms with van der Waals surface area (Å²) >= 11 is 0. The van der Waals surface area contributed by atoms with E-state index in [2.05, 4.69) is 19.9 Å². The minimum absolute atomic E-state index is 0.215. The lowest BCUT2D eigenvalue weighted by molar-refractivity contribution is -0.140. The lowest BCUT2D eigenvalue weighted by Crippen LogP contribution is -2.44. The van der Waals surface area contributed by atoms with Gasteiger partial charge in [-0.3, -0.25) is 14.8 Å². The van der Waals surface area contributed by atoms with Crippen LogP contribution in [0.1, 0.15) is 45.2 Å². The van der Waals surface area contributed by atoms with E-state index in [-0.39, 0.29) is 17.2 Å². The molecular weight excluding hydrogens is 380 g/mol. The lowest BCUT2D eigenvalue weighted by Gasteiger charge is -2.36. The van der Waals surface area contributed by atoms with E-state index in [1.165, 1.54) is 0 Å². The van der Waals surface area contributed by atoms with Crippen LogP contribution < -0.4 is 4.90 Å². The molecule has 8 heteroatoms. The molecular formula is C22H30N6O2. The van der Waals surface area contributed by atoms with E-state index >= 15 is 0 Å². The van der Waals surface area contributed by atoms with E-state index in [0.29, 0.717) is 13.2 Å². The molecule has 30 heavy (non-hydrogen) atoms. The first-order valence-corrected chi connectivity index (χ1v) is 10.7. The molecule has 2 aliphatic rings. The van der Waals surface area contributed by atoms with Gasteiger partial charge >= 0.3 is 0 Å². The molecule has 160 valence electrons. The molecule has 0 radical (unpaired) electrons. The van der Waals surface area contributed by atoms with E-state index in [1.807, 2.05) is 31.9 Å². The second-order valence-electron chi connectivity index (χ2n) is 8.98. The molecule has 8 nitrogen and oxygen atoms in total. The fraction of sp³-hybridized carbons (Fsp3) is 0.591. The first kappa shape index (κ1) is 20.7. The van der Waals surface area contributed by atoms with Crippen molar-refractivity contribution in [1.82, 2.24) is 24.8 Å². The molecule has 4 rings (SSSR count). The Bertz CT molecular complexity index is 869. The molecule has 2 aromatic rings. The standard InChI is InChI=1S/C22H30N6O2/c1-22(2,3)20(29)27-8-4-16(5-9-27)19-17(18-15-23-6-7-24-18)14-25-21(26-19)28-10-12-30-13-11-28/h6-7,14-16H,4-5,8-13H2,1-3H3. The van der Waals surface area contributed by atoms with Crippen LogP contribution in [-0.2, 0) is 9.53 Å². The van der Waals surface area contributed by atoms with Crippen molar-refractivity contribution in [1.29, 1.82) is 0 Å². The molecule has 2 aromatic heterocycles. The summed E-state index contributed by atoms with van der Waals surface area (Å²) in [5.74, 6) is 1.22. The fourth-order valence-corrected chi connectivity index (χ4v) is 4.08. The fourth-order valence-electron chi connectivity index (χ4n) is 4.08. The summed E-state index contributed by atoms with van der Waals surface area (Å²) in [7, 11) is 0. The Hall–Kier alpha value is -2.61. The van der Waals surface area contributed by atoms with Gasteiger partial charge in [-0.25, -0.2) is 9.97 Å². The maximum absolute atomic E-state index is 12.7. The highest BCUT2D eigenvalue weighted by molar-refractivity contribution is 5.81. The summed E-state index contributed by atoms with van der Waals surface area (Å²) in [6, 6.07) is 0. The monoisotopic (exact) mass is 410 g/mol. The van der Waals surface area contributed by atoms with Gasteiger partial charge in [0.25, 0.3) is 0 Å². The first-order valence-electron chi connectivity index (χ1n) is 10.7. The Labute approximate surface area is 177 Å². The van der Waals surface area contributed by atoms with Gasteiger partial charge in [0.15, 0.2) is 0 Å². The molecule has 1 amide bonds. The average Bonchev–Trinajstić information content (AvgIpc) is 2.79. The maximum atomic E-state index is 12.7. The van der Waals surface area contributed by atoms with E-state index in [4.69, 9.17) is 9.72 Å². The molecule has 0 N–H and O–H groups in total. The van der Waals surface area contributed by atoms with Gasteiger partial charge in [-0.1, -0.05) is 20.8 Å². The summed E-state index contributed by atoms with van der Waals surface area (Å²) < 4.78 is 5.47. The number of anilines is 1. The van der Waals surface area contributed by atoms with Gasteiger partial charge in [0.05, 0.1) is 30.8 Å². The minimum Gasteiger partial charge on any atom is -0.378 e. The van der Waals surface area contributed by atoms with Gasteiger partial charge in [0.1, 0.15) is 0 Å². The zero-order valence-electron chi connectivity index (χ0n) is 18.0. The average molecular weight is 411 g/mol. The number of aromatic nitrogens is 4. The topological polar surface area (TPSA) is 84.3 Å². The molecule has 0 spiro atoms. The molecule has 0 aliphatic carbocycles. The number of piperidine rings is 1. The molecule has 0 saturated carbocycles. The summed E-state index contributed by atoms with van der Waals surface area (Å²) in [6.07, 6.45) is 8.77. The van der Waals surface area contributed by atoms with Gasteiger partial charge in [-0.2, -0.15) is 0 Å². The summed E-state index contributed by atoms with van der Waals surface area (Å²) in [4.78, 5) is 35.2. The molecule has 0 unspecified atom stereocenters. The highest BCUT2D eigenvalue weighted by Gasteiger charge is 2.32. The number of carbonyl (C=O) groups excluding carboxylic acids is 1. The number of morpholine rings is 1. The van der Waals surface area contributed by atoms with Gasteiger partial charge in [0, 0.05) is 61.7 Å². The third-order valence-electron chi connectivity index (χ3n) is 5.75. The van der Waals surface area contributed by atoms with Crippen molar-refractivity contribution in [3.63, 3.8) is 0 Å². The minimum atomic E-state index is -0.351. The maximum Gasteiger partial charge on any atom is 0.227 e. The molecule has 2 aliphatic heterocycles. The number of hydrogen-bond donors (Lipinski definition) is 0. The Morgan fingerprint density at radius 3 is 2.40 bits per heavy atom. The highest BCUT2D eigenvalue weighted by atomic mass is 16.5. The Kier molecular flexibility index (Phi) is 5.94. The molecule has 4 heterocycles. The predicted octanol–water partition coefficient (Wildman–Crippen LogP) is 2.52. The number of rotatable bonds is 3. The summed E-state index contributed by atoms with van der Waals surface area (Å²) in [5, 5.41) is 0. The Morgan fingerprint density at radius 2 is 1.77 bits per heavy atom. The van der Waals surface area contributed by atoms with Crippen molar-refractivity contribution < 1.29 is 9.53 Å². The van der Waals surface area contributed by atoms with Crippen LogP contribution in [0.4, 0.5) is 5.95 Å². The number of likely N-dealkylation sites (tertiary alicyclic amines) is 1. The van der Waals surface area contributed by atoms with Crippen LogP contribution in [0.2, 0.25) is 0 Å². The molecule has 0 bridgehead atoms. The van der Waals surface area contributed by atoms with Crippen molar-refractivity contribution in [3.8, 4) is 11.3 Å². The van der Waals surface area contributed by atoms with Crippen LogP contribution in [0.3, 0.4) is 0 Å². The van der Waals surface area contributed by atoms with E-state index in [9.17, 15) is 4.79 Å². The van der Waals surface area contributed by atoms with Gasteiger partial charge in [-0.05, 0) is 12.8 Å². The SMILES string of the molecule is CC(C)(C)C(=O)N1CCC(c2nc(N3CCOCC3)ncc2-c2cnccn2)CC1. The molecule has 0 aromatic carbocycles. The number of hydrogen-bond acceptors (Lipinski definition) is 7. The Balaban J connectivity index is 1.61. The van der Waals surface area contributed by atoms with Crippen molar-refractivity contribution >= 4 is 11.9 Å². The second kappa shape index (κ2) is 8.63. The van der Waals surface area contributed by atoms with Crippen LogP contribution in [0.25, 0.3) is 11.3 Å². The van der Waals surface area contributed by atoms with Crippen molar-refractivity contribution in [2.75, 3.05) is 44.3 Å². The van der Waals surface area contributed by atoms with Crippen LogP contribution in [0, 0.1) is 5.41 Å². The predicted molar refractivity (Wildman–Crippen MR) is 114 cm³/mol. The largest absolute Gasteiger partial charge is 0.378 e. The number of amides is 1. The van der Waals surface area contributed by atoms with Gasteiger partial charge < -0.3 is 14.5 Å². The molecule has 0 atom stereocenters. The zero-order valence-corrected chi connectivity index (χ0v) is 18.0. The number of nitrogens with zero attached hydrogens (tertiary/aromatic N) is 6. The first-order chi connectivity index (χ1) is 14.4. The van der Waals surface area contributed by atoms with Crippen molar-refractivity contribution in [2.24, 2.45) is 5.41 Å². The van der Waals surface area contributed by atoms with Crippen LogP contribution in [-0.4, -0.2) is 70.1 Å². The summed E-state index contributed by atoms with van der Waals surface area (Å²) in [5.41, 5.74) is 2.38. The van der Waals surface area contributed by atoms with Gasteiger partial charge in [0.2, 0.25) is 11.9 Å². The third kappa shape index (κ3) is 4.43. The second-order valence-corrected chi connectivity index (χ2v) is 8.98. The lowest BCUT2D eigenvalue weighted by atomic mass is 9.88. The van der Waals surface area contributed by atoms with Crippen LogP contribution in [0.5, 0.6) is 0 Å². The van der Waals surface area contributed by atoms with Crippen molar-refractivity contribution in [3.05, 3.63) is 30.5 Å². The smallest absolute Gasteiger partial charge is 0.227 e. The van der Waals surface area contributed by atoms with Gasteiger partial charge in [-0.15, -0.1) is 0 Å². The molecule has 2 fully saturated rings. The Morgan fingerprint density at radius 1 is 1.03 bits per heavy atom. The van der Waals surface area contributed by atoms with E-state index < -0.39 is 0 Å². The van der Waals surface area contributed by atoms with Crippen LogP contribution in [0.15, 0.2) is 24.8 Å². The van der Waals surface area contributed by atoms with Crippen LogP contribution >= 0.6 is 0 Å². The van der Waals surface area contributed by atoms with E-state index in [1.54, 1.807) is 18.6 Å². The molecule has 2 saturated heterocycles. The number of ether oxygens (including phenoxy) is 1. The zero-order chi connectivity index (χ0) is 21.1. The van der Waals surface area contributed by atoms with E-state index in [0.717, 1.165) is 61.9 Å². The number of carbonyl (C=O) groups is 1. The highest BCUT2D eigenvalue weighted by Crippen LogP contribution is 2.35. The quantitative estimate of drug-likeness (QED) is 0.769. The normalized spacial score (nSPS) is 18.5. The summed E-state index contributed by atoms with van der Waals surface area (Å²) in [6.45, 7) is 10.4. The third-order valence-corrected chi connectivity index (χ3v) is 5.75.